The molecular formula is C15H17N3O3S. The first-order valence-corrected chi connectivity index (χ1v) is 7.88. The summed E-state index contributed by atoms with van der Waals surface area (Å²) in [5, 5.41) is 13.7. The molecule has 7 heteroatoms. The summed E-state index contributed by atoms with van der Waals surface area (Å²) in [7, 11) is 0. The number of hydroxylamine groups is 2. The summed E-state index contributed by atoms with van der Waals surface area (Å²) in [6, 6.07) is 9.83. The van der Waals surface area contributed by atoms with Gasteiger partial charge in [-0.2, -0.15) is 5.06 Å². The number of benzene rings is 1. The number of aromatic nitrogens is 1. The molecule has 0 unspecified atom stereocenters. The number of aliphatic hydroxyl groups excluding tert-OH is 1. The number of nitrogens with two attached hydrogens (primary N) is 1. The van der Waals surface area contributed by atoms with Crippen molar-refractivity contribution in [2.45, 2.75) is 25.1 Å². The molecule has 116 valence electrons. The second-order valence-electron chi connectivity index (χ2n) is 5.16. The van der Waals surface area contributed by atoms with Crippen molar-refractivity contribution in [2.75, 3.05) is 6.61 Å². The van der Waals surface area contributed by atoms with E-state index in [4.69, 9.17) is 10.6 Å². The van der Waals surface area contributed by atoms with Crippen LogP contribution in [0.3, 0.4) is 0 Å². The van der Waals surface area contributed by atoms with Gasteiger partial charge >= 0.3 is 0 Å². The van der Waals surface area contributed by atoms with Gasteiger partial charge in [0.05, 0.1) is 12.6 Å². The van der Waals surface area contributed by atoms with E-state index in [1.54, 1.807) is 10.4 Å². The Morgan fingerprint density at radius 1 is 1.45 bits per heavy atom. The van der Waals surface area contributed by atoms with Crippen LogP contribution in [-0.4, -0.2) is 33.7 Å². The predicted molar refractivity (Wildman–Crippen MR) is 81.9 cm³/mol. The zero-order valence-corrected chi connectivity index (χ0v) is 12.7. The molecule has 6 nitrogen and oxygen atoms in total. The van der Waals surface area contributed by atoms with Crippen molar-refractivity contribution in [3.8, 4) is 0 Å². The molecule has 2 aromatic rings. The van der Waals surface area contributed by atoms with Crippen LogP contribution in [0.2, 0.25) is 0 Å². The number of amides is 1. The Hall–Kier alpha value is -1.80. The van der Waals surface area contributed by atoms with Gasteiger partial charge in [-0.25, -0.2) is 4.98 Å². The maximum absolute atomic E-state index is 11.1. The summed E-state index contributed by atoms with van der Waals surface area (Å²) >= 11 is 1.35. The van der Waals surface area contributed by atoms with Gasteiger partial charge in [0.25, 0.3) is 5.91 Å². The maximum atomic E-state index is 11.1. The van der Waals surface area contributed by atoms with Crippen molar-refractivity contribution >= 4 is 17.2 Å². The quantitative estimate of drug-likeness (QED) is 0.871. The van der Waals surface area contributed by atoms with Crippen molar-refractivity contribution in [2.24, 2.45) is 5.73 Å². The lowest BCUT2D eigenvalue weighted by Gasteiger charge is -2.20. The average Bonchev–Trinajstić information content (AvgIpc) is 3.14. The fourth-order valence-electron chi connectivity index (χ4n) is 2.45. The summed E-state index contributed by atoms with van der Waals surface area (Å²) in [4.78, 5) is 21.3. The highest BCUT2D eigenvalue weighted by Crippen LogP contribution is 2.35. The van der Waals surface area contributed by atoms with E-state index >= 15 is 0 Å². The van der Waals surface area contributed by atoms with Gasteiger partial charge in [0.1, 0.15) is 16.8 Å². The SMILES string of the molecule is NC(=O)c1csc([C@H]2C[C@@H](CO)N(Cc3ccccc3)O2)n1. The molecule has 0 saturated carbocycles. The number of primary amides is 1. The minimum absolute atomic E-state index is 0.0113. The lowest BCUT2D eigenvalue weighted by molar-refractivity contribution is -0.176. The molecule has 3 N–H and O–H groups in total. The van der Waals surface area contributed by atoms with Crippen LogP contribution in [0.4, 0.5) is 0 Å². The van der Waals surface area contributed by atoms with E-state index in [-0.39, 0.29) is 24.4 Å². The van der Waals surface area contributed by atoms with Gasteiger partial charge in [-0.1, -0.05) is 30.3 Å². The van der Waals surface area contributed by atoms with Crippen LogP contribution < -0.4 is 5.73 Å². The summed E-state index contributed by atoms with van der Waals surface area (Å²) in [6.45, 7) is 0.605. The van der Waals surface area contributed by atoms with Crippen molar-refractivity contribution < 1.29 is 14.7 Å². The zero-order chi connectivity index (χ0) is 15.5. The molecule has 1 fully saturated rings. The monoisotopic (exact) mass is 319 g/mol. The normalized spacial score (nSPS) is 22.0. The number of hydrogen-bond donors (Lipinski definition) is 2. The zero-order valence-electron chi connectivity index (χ0n) is 11.9. The topological polar surface area (TPSA) is 88.7 Å². The highest BCUT2D eigenvalue weighted by atomic mass is 32.1. The molecule has 1 aliphatic rings. The second kappa shape index (κ2) is 6.53. The minimum atomic E-state index is -0.541. The maximum Gasteiger partial charge on any atom is 0.268 e. The Morgan fingerprint density at radius 3 is 2.86 bits per heavy atom. The first-order valence-electron chi connectivity index (χ1n) is 7.01. The van der Waals surface area contributed by atoms with E-state index in [1.807, 2.05) is 30.3 Å². The average molecular weight is 319 g/mol. The largest absolute Gasteiger partial charge is 0.395 e. The van der Waals surface area contributed by atoms with Crippen molar-refractivity contribution in [3.63, 3.8) is 0 Å². The molecule has 2 atom stereocenters. The van der Waals surface area contributed by atoms with Crippen molar-refractivity contribution in [1.29, 1.82) is 0 Å². The van der Waals surface area contributed by atoms with Crippen molar-refractivity contribution in [1.82, 2.24) is 10.0 Å². The van der Waals surface area contributed by atoms with Crippen LogP contribution in [0.15, 0.2) is 35.7 Å². The number of nitrogens with zero attached hydrogens (tertiary/aromatic N) is 2. The minimum Gasteiger partial charge on any atom is -0.395 e. The molecule has 3 rings (SSSR count). The second-order valence-corrected chi connectivity index (χ2v) is 6.05. The van der Waals surface area contributed by atoms with Crippen molar-refractivity contribution in [3.05, 3.63) is 52.0 Å². The van der Waals surface area contributed by atoms with E-state index in [1.165, 1.54) is 11.3 Å². The molecule has 0 aliphatic carbocycles. The van der Waals surface area contributed by atoms with E-state index in [2.05, 4.69) is 4.98 Å². The molecule has 22 heavy (non-hydrogen) atoms. The first kappa shape index (κ1) is 15.1. The first-order chi connectivity index (χ1) is 10.7. The smallest absolute Gasteiger partial charge is 0.268 e. The Bertz CT molecular complexity index is 646. The number of carbonyl (C=O) groups excluding carboxylic acids is 1. The Balaban J connectivity index is 1.72. The molecule has 1 amide bonds. The lowest BCUT2D eigenvalue weighted by Crippen LogP contribution is -2.30. The molecule has 1 aromatic carbocycles. The van der Waals surface area contributed by atoms with Gasteiger partial charge in [0.2, 0.25) is 0 Å². The molecular weight excluding hydrogens is 302 g/mol. The van der Waals surface area contributed by atoms with Crippen LogP contribution >= 0.6 is 11.3 Å². The Labute approximate surface area is 132 Å². The lowest BCUT2D eigenvalue weighted by atomic mass is 10.1. The Morgan fingerprint density at radius 2 is 2.23 bits per heavy atom. The van der Waals surface area contributed by atoms with Crippen LogP contribution in [-0.2, 0) is 11.4 Å². The van der Waals surface area contributed by atoms with E-state index in [0.717, 1.165) is 5.56 Å². The van der Waals surface area contributed by atoms with Gasteiger partial charge in [-0.05, 0) is 5.56 Å². The third-order valence-electron chi connectivity index (χ3n) is 3.60. The number of thiazole rings is 1. The molecule has 0 spiro atoms. The highest BCUT2D eigenvalue weighted by molar-refractivity contribution is 7.09. The van der Waals surface area contributed by atoms with Gasteiger partial charge in [0, 0.05) is 18.3 Å². The number of aliphatic hydroxyl groups is 1. The summed E-state index contributed by atoms with van der Waals surface area (Å²) in [5.41, 5.74) is 6.59. The molecule has 1 aliphatic heterocycles. The molecule has 1 saturated heterocycles. The van der Waals surface area contributed by atoms with E-state index < -0.39 is 5.91 Å². The van der Waals surface area contributed by atoms with Gasteiger partial charge in [0.15, 0.2) is 0 Å². The molecule has 0 bridgehead atoms. The molecule has 1 aromatic heterocycles. The van der Waals surface area contributed by atoms with E-state index in [9.17, 15) is 9.90 Å². The fraction of sp³-hybridized carbons (Fsp3) is 0.333. The third kappa shape index (κ3) is 3.17. The Kier molecular flexibility index (Phi) is 4.49. The molecule has 0 radical (unpaired) electrons. The third-order valence-corrected chi connectivity index (χ3v) is 4.53. The van der Waals surface area contributed by atoms with Gasteiger partial charge in [-0.3, -0.25) is 9.63 Å². The van der Waals surface area contributed by atoms with Gasteiger partial charge < -0.3 is 10.8 Å². The summed E-state index contributed by atoms with van der Waals surface area (Å²) in [5.74, 6) is -0.541. The van der Waals surface area contributed by atoms with Crippen LogP contribution in [0, 0.1) is 0 Å². The standard InChI is InChI=1S/C15H17N3O3S/c16-14(20)12-9-22-15(17-12)13-6-11(8-19)18(21-13)7-10-4-2-1-3-5-10/h1-5,9,11,13,19H,6-8H2,(H2,16,20)/t11-,13+/m0/s1. The van der Waals surface area contributed by atoms with Gasteiger partial charge in [-0.15, -0.1) is 11.3 Å². The highest BCUT2D eigenvalue weighted by Gasteiger charge is 2.35. The van der Waals surface area contributed by atoms with Crippen LogP contribution in [0.25, 0.3) is 0 Å². The predicted octanol–water partition coefficient (Wildman–Crippen LogP) is 1.48. The number of rotatable bonds is 5. The fourth-order valence-corrected chi connectivity index (χ4v) is 3.29. The molecule has 2 heterocycles. The van der Waals surface area contributed by atoms with E-state index in [0.29, 0.717) is 18.0 Å². The van der Waals surface area contributed by atoms with Crippen LogP contribution in [0.1, 0.15) is 33.6 Å². The summed E-state index contributed by atoms with van der Waals surface area (Å²) in [6.07, 6.45) is 0.383. The summed E-state index contributed by atoms with van der Waals surface area (Å²) < 4.78 is 0. The number of carbonyl (C=O) groups is 1. The van der Waals surface area contributed by atoms with Crippen LogP contribution in [0.5, 0.6) is 0 Å². The number of hydrogen-bond acceptors (Lipinski definition) is 6.